The monoisotopic (exact) mass is 595 g/mol. The summed E-state index contributed by atoms with van der Waals surface area (Å²) in [5, 5.41) is 3.21. The number of carbonyl (C=O) groups excluding carboxylic acids is 1. The summed E-state index contributed by atoms with van der Waals surface area (Å²) in [6, 6.07) is 27.4. The summed E-state index contributed by atoms with van der Waals surface area (Å²) >= 11 is 0. The molecule has 222 valence electrons. The molecule has 1 amide bonds. The number of aromatic nitrogens is 1. The zero-order valence-corrected chi connectivity index (χ0v) is 25.4. The lowest BCUT2D eigenvalue weighted by Gasteiger charge is -2.22. The van der Waals surface area contributed by atoms with E-state index in [9.17, 15) is 13.2 Å². The smallest absolute Gasteiger partial charge is 0.251 e. The fourth-order valence-electron chi connectivity index (χ4n) is 4.95. The first-order chi connectivity index (χ1) is 20.8. The van der Waals surface area contributed by atoms with Crippen molar-refractivity contribution in [3.8, 4) is 5.75 Å². The van der Waals surface area contributed by atoms with Crippen molar-refractivity contribution in [1.29, 1.82) is 0 Å². The van der Waals surface area contributed by atoms with Gasteiger partial charge < -0.3 is 10.1 Å². The minimum atomic E-state index is -3.83. The Hall–Kier alpha value is -4.27. The molecule has 0 bridgehead atoms. The highest BCUT2D eigenvalue weighted by Gasteiger charge is 2.45. The number of hydrogen-bond donors (Lipinski definition) is 1. The van der Waals surface area contributed by atoms with E-state index in [1.54, 1.807) is 36.5 Å². The summed E-state index contributed by atoms with van der Waals surface area (Å²) < 4.78 is 34.6. The number of sulfonamides is 1. The number of nitrogens with one attached hydrogen (secondary N) is 1. The SMILES string of the molecule is CC/C=C\c1ccc(S(=O)(=O)N(Cc2ccc(C(=O)NC3(c4ccc(OCC)cc4)CC3)cc2)Cc2ccccn2)cc1. The molecular weight excluding hydrogens is 558 g/mol. The summed E-state index contributed by atoms with van der Waals surface area (Å²) in [4.78, 5) is 17.8. The second-order valence-corrected chi connectivity index (χ2v) is 12.6. The van der Waals surface area contributed by atoms with Crippen molar-refractivity contribution >= 4 is 22.0 Å². The van der Waals surface area contributed by atoms with Gasteiger partial charge in [-0.15, -0.1) is 0 Å². The predicted molar refractivity (Wildman–Crippen MR) is 169 cm³/mol. The van der Waals surface area contributed by atoms with E-state index in [0.29, 0.717) is 17.9 Å². The van der Waals surface area contributed by atoms with Gasteiger partial charge in [-0.2, -0.15) is 4.31 Å². The van der Waals surface area contributed by atoms with Gasteiger partial charge in [0.15, 0.2) is 0 Å². The summed E-state index contributed by atoms with van der Waals surface area (Å²) in [7, 11) is -3.83. The molecule has 1 N–H and O–H groups in total. The van der Waals surface area contributed by atoms with Crippen LogP contribution in [0.5, 0.6) is 5.75 Å². The van der Waals surface area contributed by atoms with E-state index in [1.807, 2.05) is 79.7 Å². The molecule has 0 spiro atoms. The van der Waals surface area contributed by atoms with E-state index in [2.05, 4.69) is 17.2 Å². The van der Waals surface area contributed by atoms with E-state index in [1.165, 1.54) is 4.31 Å². The van der Waals surface area contributed by atoms with E-state index < -0.39 is 10.0 Å². The van der Waals surface area contributed by atoms with Crippen LogP contribution in [0.2, 0.25) is 0 Å². The van der Waals surface area contributed by atoms with Crippen molar-refractivity contribution < 1.29 is 17.9 Å². The number of ether oxygens (including phenoxy) is 1. The summed E-state index contributed by atoms with van der Waals surface area (Å²) in [6.07, 6.45) is 8.32. The molecule has 1 aromatic heterocycles. The lowest BCUT2D eigenvalue weighted by atomic mass is 10.0. The number of benzene rings is 3. The van der Waals surface area contributed by atoms with E-state index in [-0.39, 0.29) is 29.4 Å². The molecule has 1 aliphatic rings. The normalized spacial score (nSPS) is 14.1. The second-order valence-electron chi connectivity index (χ2n) is 10.7. The van der Waals surface area contributed by atoms with Crippen LogP contribution in [0.1, 0.15) is 65.9 Å². The van der Waals surface area contributed by atoms with Gasteiger partial charge in [0.05, 0.1) is 29.3 Å². The fourth-order valence-corrected chi connectivity index (χ4v) is 6.35. The first-order valence-electron chi connectivity index (χ1n) is 14.6. The van der Waals surface area contributed by atoms with Crippen molar-refractivity contribution in [1.82, 2.24) is 14.6 Å². The van der Waals surface area contributed by atoms with Crippen LogP contribution < -0.4 is 10.1 Å². The summed E-state index contributed by atoms with van der Waals surface area (Å²) in [6.45, 7) is 4.86. The highest BCUT2D eigenvalue weighted by molar-refractivity contribution is 7.89. The number of amides is 1. The number of allylic oxidation sites excluding steroid dienone is 1. The summed E-state index contributed by atoms with van der Waals surface area (Å²) in [5.74, 6) is 0.650. The van der Waals surface area contributed by atoms with Crippen LogP contribution in [0, 0.1) is 0 Å². The van der Waals surface area contributed by atoms with Gasteiger partial charge in [0, 0.05) is 18.3 Å². The highest BCUT2D eigenvalue weighted by atomic mass is 32.2. The first-order valence-corrected chi connectivity index (χ1v) is 16.1. The molecule has 7 nitrogen and oxygen atoms in total. The zero-order valence-electron chi connectivity index (χ0n) is 24.6. The number of hydrogen-bond acceptors (Lipinski definition) is 5. The molecule has 0 atom stereocenters. The Morgan fingerprint density at radius 2 is 1.65 bits per heavy atom. The first kappa shape index (κ1) is 30.2. The largest absolute Gasteiger partial charge is 0.494 e. The van der Waals surface area contributed by atoms with E-state index >= 15 is 0 Å². The fraction of sp³-hybridized carbons (Fsp3) is 0.257. The van der Waals surface area contributed by atoms with Gasteiger partial charge in [0.25, 0.3) is 5.91 Å². The molecule has 1 fully saturated rings. The molecule has 0 saturated heterocycles. The second kappa shape index (κ2) is 13.4. The molecule has 1 aliphatic carbocycles. The predicted octanol–water partition coefficient (Wildman–Crippen LogP) is 6.71. The Balaban J connectivity index is 1.31. The van der Waals surface area contributed by atoms with Crippen molar-refractivity contribution in [3.05, 3.63) is 131 Å². The summed E-state index contributed by atoms with van der Waals surface area (Å²) in [5.41, 5.74) is 3.58. The molecule has 5 rings (SSSR count). The van der Waals surface area contributed by atoms with Gasteiger partial charge in [-0.3, -0.25) is 9.78 Å². The topological polar surface area (TPSA) is 88.6 Å². The average molecular weight is 596 g/mol. The molecule has 0 radical (unpaired) electrons. The van der Waals surface area contributed by atoms with Gasteiger partial charge in [-0.25, -0.2) is 8.42 Å². The van der Waals surface area contributed by atoms with Gasteiger partial charge >= 0.3 is 0 Å². The van der Waals surface area contributed by atoms with Crippen LogP contribution in [0.4, 0.5) is 0 Å². The van der Waals surface area contributed by atoms with Gasteiger partial charge in [-0.05, 0) is 91.4 Å². The Bertz CT molecular complexity index is 1650. The lowest BCUT2D eigenvalue weighted by Crippen LogP contribution is -2.34. The van der Waals surface area contributed by atoms with Crippen LogP contribution in [-0.4, -0.2) is 30.2 Å². The van der Waals surface area contributed by atoms with E-state index in [0.717, 1.165) is 41.7 Å². The molecule has 0 aliphatic heterocycles. The van der Waals surface area contributed by atoms with Crippen molar-refractivity contribution in [3.63, 3.8) is 0 Å². The van der Waals surface area contributed by atoms with Crippen molar-refractivity contribution in [2.45, 2.75) is 56.6 Å². The molecule has 8 heteroatoms. The molecule has 0 unspecified atom stereocenters. The Labute approximate surface area is 254 Å². The van der Waals surface area contributed by atoms with Crippen LogP contribution in [0.15, 0.2) is 108 Å². The standard InChI is InChI=1S/C35H37N3O4S/c1-3-5-8-27-12-20-33(21-13-27)43(40,41)38(26-31-9-6-7-24-36-31)25-28-10-14-29(15-11-28)34(39)37-35(22-23-35)30-16-18-32(19-17-30)42-4-2/h5-21,24H,3-4,22-23,25-26H2,1-2H3,(H,37,39)/b8-5-. The zero-order chi connectivity index (χ0) is 30.3. The van der Waals surface area contributed by atoms with Crippen LogP contribution in [-0.2, 0) is 28.7 Å². The number of nitrogens with zero attached hydrogens (tertiary/aromatic N) is 2. The maximum atomic E-state index is 13.8. The van der Waals surface area contributed by atoms with Gasteiger partial charge in [0.2, 0.25) is 10.0 Å². The minimum absolute atomic E-state index is 0.119. The maximum Gasteiger partial charge on any atom is 0.251 e. The highest BCUT2D eigenvalue weighted by Crippen LogP contribution is 2.46. The van der Waals surface area contributed by atoms with Crippen LogP contribution in [0.3, 0.4) is 0 Å². The Morgan fingerprint density at radius 1 is 0.930 bits per heavy atom. The molecule has 4 aromatic rings. The lowest BCUT2D eigenvalue weighted by molar-refractivity contribution is 0.0930. The molecule has 1 heterocycles. The van der Waals surface area contributed by atoms with Crippen molar-refractivity contribution in [2.24, 2.45) is 0 Å². The van der Waals surface area contributed by atoms with Gasteiger partial charge in [0.1, 0.15) is 5.75 Å². The third kappa shape index (κ3) is 7.39. The molecular formula is C35H37N3O4S. The van der Waals surface area contributed by atoms with Crippen LogP contribution in [0.25, 0.3) is 6.08 Å². The number of pyridine rings is 1. The molecule has 3 aromatic carbocycles. The van der Waals surface area contributed by atoms with Crippen molar-refractivity contribution in [2.75, 3.05) is 6.61 Å². The Morgan fingerprint density at radius 3 is 2.26 bits per heavy atom. The third-order valence-corrected chi connectivity index (χ3v) is 9.33. The maximum absolute atomic E-state index is 13.8. The van der Waals surface area contributed by atoms with Gasteiger partial charge in [-0.1, -0.05) is 61.5 Å². The average Bonchev–Trinajstić information content (AvgIpc) is 3.81. The molecule has 43 heavy (non-hydrogen) atoms. The minimum Gasteiger partial charge on any atom is -0.494 e. The number of carbonyl (C=O) groups is 1. The van der Waals surface area contributed by atoms with Crippen LogP contribution >= 0.6 is 0 Å². The number of rotatable bonds is 13. The quantitative estimate of drug-likeness (QED) is 0.186. The van der Waals surface area contributed by atoms with E-state index in [4.69, 9.17) is 4.74 Å². The Kier molecular flexibility index (Phi) is 9.38. The molecule has 1 saturated carbocycles. The third-order valence-electron chi connectivity index (χ3n) is 7.52.